The van der Waals surface area contributed by atoms with Gasteiger partial charge in [0.15, 0.2) is 5.78 Å². The molecule has 0 unspecified atom stereocenters. The number of aromatic nitrogens is 2. The Morgan fingerprint density at radius 2 is 1.78 bits per heavy atom. The van der Waals surface area contributed by atoms with Crippen LogP contribution in [0, 0.1) is 0 Å². The molecule has 1 heterocycles. The van der Waals surface area contributed by atoms with Crippen molar-refractivity contribution in [3.05, 3.63) is 114 Å². The highest BCUT2D eigenvalue weighted by atomic mass is 16.5. The van der Waals surface area contributed by atoms with Gasteiger partial charge in [-0.15, -0.1) is 0 Å². The molecule has 0 radical (unpaired) electrons. The lowest BCUT2D eigenvalue weighted by atomic mass is 10.1. The van der Waals surface area contributed by atoms with E-state index in [2.05, 4.69) is 27.4 Å². The first-order valence-electron chi connectivity index (χ1n) is 11.7. The number of benzene rings is 3. The smallest absolute Gasteiger partial charge is 0.255 e. The SMILES string of the molecule is O=C(Nc1cccc(C(=O)C=Cc2ncc[nH]2)c1O)c1ccc(OCCCCc2ccccc2)cc1. The zero-order valence-corrected chi connectivity index (χ0v) is 19.7. The summed E-state index contributed by atoms with van der Waals surface area (Å²) < 4.78 is 5.79. The van der Waals surface area contributed by atoms with Crippen LogP contribution >= 0.6 is 0 Å². The van der Waals surface area contributed by atoms with Gasteiger partial charge < -0.3 is 20.1 Å². The molecule has 4 rings (SSSR count). The van der Waals surface area contributed by atoms with Crippen molar-refractivity contribution >= 4 is 23.5 Å². The summed E-state index contributed by atoms with van der Waals surface area (Å²) in [5.41, 5.74) is 1.95. The third-order valence-corrected chi connectivity index (χ3v) is 5.55. The van der Waals surface area contributed by atoms with Crippen molar-refractivity contribution in [2.45, 2.75) is 19.3 Å². The van der Waals surface area contributed by atoms with Crippen LogP contribution in [-0.2, 0) is 6.42 Å². The maximum atomic E-state index is 12.7. The summed E-state index contributed by atoms with van der Waals surface area (Å²) >= 11 is 0. The molecule has 0 saturated carbocycles. The van der Waals surface area contributed by atoms with Crippen LogP contribution in [0.4, 0.5) is 5.69 Å². The van der Waals surface area contributed by atoms with E-state index in [4.69, 9.17) is 4.74 Å². The van der Waals surface area contributed by atoms with Gasteiger partial charge in [-0.2, -0.15) is 0 Å². The molecule has 0 fully saturated rings. The number of amides is 1. The second kappa shape index (κ2) is 12.2. The van der Waals surface area contributed by atoms with Gasteiger partial charge in [-0.05, 0) is 73.4 Å². The minimum atomic E-state index is -0.412. The first-order valence-corrected chi connectivity index (χ1v) is 11.7. The van der Waals surface area contributed by atoms with Crippen LogP contribution < -0.4 is 10.1 Å². The molecule has 182 valence electrons. The number of nitrogens with one attached hydrogen (secondary N) is 2. The zero-order valence-electron chi connectivity index (χ0n) is 19.7. The van der Waals surface area contributed by atoms with Crippen LogP contribution in [0.5, 0.6) is 11.5 Å². The number of phenolic OH excluding ortho intramolecular Hbond substituents is 1. The van der Waals surface area contributed by atoms with Gasteiger partial charge in [0, 0.05) is 18.0 Å². The van der Waals surface area contributed by atoms with Gasteiger partial charge in [0.1, 0.15) is 17.3 Å². The summed E-state index contributed by atoms with van der Waals surface area (Å²) in [4.78, 5) is 32.1. The summed E-state index contributed by atoms with van der Waals surface area (Å²) in [6.07, 6.45) is 9.02. The standard InChI is InChI=1S/C29H27N3O4/c33-26(16-17-27-30-18-19-31-27)24-10-6-11-25(28(24)34)32-29(35)22-12-14-23(15-13-22)36-20-5-4-9-21-7-2-1-3-8-21/h1-3,6-8,10-19,34H,4-5,9,20H2,(H,30,31)(H,32,35). The molecule has 3 aromatic carbocycles. The van der Waals surface area contributed by atoms with E-state index in [9.17, 15) is 14.7 Å². The van der Waals surface area contributed by atoms with Crippen LogP contribution in [0.3, 0.4) is 0 Å². The average molecular weight is 482 g/mol. The lowest BCUT2D eigenvalue weighted by molar-refractivity contribution is 0.102. The highest BCUT2D eigenvalue weighted by molar-refractivity contribution is 6.11. The van der Waals surface area contributed by atoms with Crippen molar-refractivity contribution in [3.63, 3.8) is 0 Å². The van der Waals surface area contributed by atoms with E-state index in [-0.39, 0.29) is 17.0 Å². The molecule has 36 heavy (non-hydrogen) atoms. The van der Waals surface area contributed by atoms with E-state index in [0.717, 1.165) is 19.3 Å². The molecular weight excluding hydrogens is 454 g/mol. The van der Waals surface area contributed by atoms with Gasteiger partial charge in [-0.3, -0.25) is 9.59 Å². The number of carbonyl (C=O) groups excluding carboxylic acids is 2. The fraction of sp³-hybridized carbons (Fsp3) is 0.138. The number of aromatic hydroxyl groups is 1. The molecule has 0 spiro atoms. The number of hydrogen-bond acceptors (Lipinski definition) is 5. The highest BCUT2D eigenvalue weighted by Crippen LogP contribution is 2.29. The molecule has 0 aliphatic rings. The number of hydrogen-bond donors (Lipinski definition) is 3. The number of nitrogens with zero attached hydrogens (tertiary/aromatic N) is 1. The number of anilines is 1. The summed E-state index contributed by atoms with van der Waals surface area (Å²) in [6, 6.07) is 21.8. The largest absolute Gasteiger partial charge is 0.505 e. The van der Waals surface area contributed by atoms with Crippen molar-refractivity contribution in [1.29, 1.82) is 0 Å². The Morgan fingerprint density at radius 3 is 2.53 bits per heavy atom. The van der Waals surface area contributed by atoms with Gasteiger partial charge in [0.05, 0.1) is 17.9 Å². The van der Waals surface area contributed by atoms with E-state index >= 15 is 0 Å². The van der Waals surface area contributed by atoms with Crippen LogP contribution in [0.15, 0.2) is 91.3 Å². The maximum absolute atomic E-state index is 12.7. The van der Waals surface area contributed by atoms with Crippen molar-refractivity contribution in [2.75, 3.05) is 11.9 Å². The molecule has 7 nitrogen and oxygen atoms in total. The normalized spacial score (nSPS) is 10.9. The van der Waals surface area contributed by atoms with Crippen LogP contribution in [0.2, 0.25) is 0 Å². The fourth-order valence-corrected chi connectivity index (χ4v) is 3.62. The zero-order chi connectivity index (χ0) is 25.2. The van der Waals surface area contributed by atoms with Crippen molar-refractivity contribution in [3.8, 4) is 11.5 Å². The summed E-state index contributed by atoms with van der Waals surface area (Å²) in [5.74, 6) is 0.0908. The molecule has 4 aromatic rings. The van der Waals surface area contributed by atoms with E-state index in [1.807, 2.05) is 18.2 Å². The number of ketones is 1. The number of allylic oxidation sites excluding steroid dienone is 1. The Kier molecular flexibility index (Phi) is 8.27. The van der Waals surface area contributed by atoms with Crippen LogP contribution in [0.1, 0.15) is 44.9 Å². The Hall–Kier alpha value is -4.65. The molecule has 1 amide bonds. The van der Waals surface area contributed by atoms with E-state index in [0.29, 0.717) is 23.7 Å². The predicted octanol–water partition coefficient (Wildman–Crippen LogP) is 5.67. The summed E-state index contributed by atoms with van der Waals surface area (Å²) in [6.45, 7) is 0.599. The van der Waals surface area contributed by atoms with Gasteiger partial charge >= 0.3 is 0 Å². The van der Waals surface area contributed by atoms with E-state index in [1.165, 1.54) is 29.8 Å². The minimum absolute atomic E-state index is 0.0756. The number of H-pyrrole nitrogens is 1. The number of aromatic amines is 1. The summed E-state index contributed by atoms with van der Waals surface area (Å²) in [7, 11) is 0. The Morgan fingerprint density at radius 1 is 0.972 bits per heavy atom. The first kappa shape index (κ1) is 24.5. The fourth-order valence-electron chi connectivity index (χ4n) is 3.62. The highest BCUT2D eigenvalue weighted by Gasteiger charge is 2.15. The maximum Gasteiger partial charge on any atom is 0.255 e. The van der Waals surface area contributed by atoms with E-state index in [1.54, 1.807) is 42.7 Å². The molecule has 7 heteroatoms. The lowest BCUT2D eigenvalue weighted by Gasteiger charge is -2.11. The minimum Gasteiger partial charge on any atom is -0.505 e. The lowest BCUT2D eigenvalue weighted by Crippen LogP contribution is -2.12. The topological polar surface area (TPSA) is 104 Å². The molecule has 0 bridgehead atoms. The second-order valence-corrected chi connectivity index (χ2v) is 8.14. The van der Waals surface area contributed by atoms with Crippen molar-refractivity contribution in [2.24, 2.45) is 0 Å². The monoisotopic (exact) mass is 481 g/mol. The molecule has 0 saturated heterocycles. The quantitative estimate of drug-likeness (QED) is 0.111. The van der Waals surface area contributed by atoms with Gasteiger partial charge in [0.2, 0.25) is 0 Å². The van der Waals surface area contributed by atoms with Crippen LogP contribution in [-0.4, -0.2) is 33.4 Å². The number of ether oxygens (including phenoxy) is 1. The number of unbranched alkanes of at least 4 members (excludes halogenated alkanes) is 1. The number of rotatable bonds is 11. The molecule has 0 atom stereocenters. The second-order valence-electron chi connectivity index (χ2n) is 8.14. The molecular formula is C29H27N3O4. The van der Waals surface area contributed by atoms with Crippen LogP contribution in [0.25, 0.3) is 6.08 Å². The number of aryl methyl sites for hydroxylation is 1. The number of carbonyl (C=O) groups is 2. The summed E-state index contributed by atoms with van der Waals surface area (Å²) in [5, 5.41) is 13.2. The average Bonchev–Trinajstić information content (AvgIpc) is 3.43. The Balaban J connectivity index is 1.29. The molecule has 0 aliphatic carbocycles. The Bertz CT molecular complexity index is 1310. The van der Waals surface area contributed by atoms with Gasteiger partial charge in [-0.1, -0.05) is 36.4 Å². The molecule has 1 aromatic heterocycles. The Labute approximate surface area is 209 Å². The number of para-hydroxylation sites is 1. The van der Waals surface area contributed by atoms with Crippen molar-refractivity contribution in [1.82, 2.24) is 9.97 Å². The van der Waals surface area contributed by atoms with E-state index < -0.39 is 11.7 Å². The van der Waals surface area contributed by atoms with Crippen molar-refractivity contribution < 1.29 is 19.4 Å². The predicted molar refractivity (Wildman–Crippen MR) is 139 cm³/mol. The third-order valence-electron chi connectivity index (χ3n) is 5.55. The first-order chi connectivity index (χ1) is 17.6. The third kappa shape index (κ3) is 6.70. The molecule has 0 aliphatic heterocycles. The number of imidazole rings is 1. The number of phenols is 1. The molecule has 3 N–H and O–H groups in total. The van der Waals surface area contributed by atoms with Gasteiger partial charge in [-0.25, -0.2) is 4.98 Å². The van der Waals surface area contributed by atoms with Gasteiger partial charge in [0.25, 0.3) is 5.91 Å².